The van der Waals surface area contributed by atoms with Crippen molar-refractivity contribution in [3.8, 4) is 5.75 Å². The lowest BCUT2D eigenvalue weighted by Gasteiger charge is -2.17. The van der Waals surface area contributed by atoms with Gasteiger partial charge in [0, 0.05) is 6.54 Å². The molecule has 3 aromatic rings. The number of aryl methyl sites for hydroxylation is 1. The molecule has 1 aromatic heterocycles. The van der Waals surface area contributed by atoms with Crippen molar-refractivity contribution in [1.82, 2.24) is 4.57 Å². The highest BCUT2D eigenvalue weighted by atomic mass is 35.5. The van der Waals surface area contributed by atoms with Gasteiger partial charge in [-0.2, -0.15) is 0 Å². The summed E-state index contributed by atoms with van der Waals surface area (Å²) in [7, 11) is 0. The zero-order valence-corrected chi connectivity index (χ0v) is 18.8. The van der Waals surface area contributed by atoms with Crippen LogP contribution in [0.4, 0.5) is 0 Å². The smallest absolute Gasteiger partial charge is 0.335 e. The number of ether oxygens (including phenoxy) is 1. The standard InChI is InChI=1S/C24H23Cl2NO4/c1-15(2)18-4-3-5-19(12-18)31-14-22-20(25)13-21(26)23(28)27(22)11-10-16-6-8-17(9-7-16)24(29)30/h3-9,12-13,15H,10-11,14H2,1-2H3,(H,29,30). The molecule has 0 saturated heterocycles. The number of halogens is 2. The molecule has 0 aliphatic carbocycles. The first-order valence-electron chi connectivity index (χ1n) is 9.89. The number of hydrogen-bond donors (Lipinski definition) is 1. The highest BCUT2D eigenvalue weighted by Gasteiger charge is 2.14. The molecule has 0 atom stereocenters. The van der Waals surface area contributed by atoms with Gasteiger partial charge < -0.3 is 14.4 Å². The molecule has 0 aliphatic heterocycles. The third-order valence-corrected chi connectivity index (χ3v) is 5.63. The van der Waals surface area contributed by atoms with Crippen LogP contribution in [-0.4, -0.2) is 15.6 Å². The Bertz CT molecular complexity index is 1140. The van der Waals surface area contributed by atoms with Gasteiger partial charge in [-0.15, -0.1) is 0 Å². The average Bonchev–Trinajstić information content (AvgIpc) is 2.75. The van der Waals surface area contributed by atoms with Crippen LogP contribution in [0.3, 0.4) is 0 Å². The maximum atomic E-state index is 12.7. The SMILES string of the molecule is CC(C)c1cccc(OCc2c(Cl)cc(Cl)c(=O)n2CCc2ccc(C(=O)O)cc2)c1. The largest absolute Gasteiger partial charge is 0.487 e. The number of aromatic nitrogens is 1. The Morgan fingerprint density at radius 3 is 2.42 bits per heavy atom. The summed E-state index contributed by atoms with van der Waals surface area (Å²) in [5.74, 6) is 0.0826. The van der Waals surface area contributed by atoms with Gasteiger partial charge in [0.2, 0.25) is 0 Å². The molecule has 1 N–H and O–H groups in total. The average molecular weight is 460 g/mol. The van der Waals surface area contributed by atoms with Crippen LogP contribution >= 0.6 is 23.2 Å². The first-order valence-corrected chi connectivity index (χ1v) is 10.6. The first kappa shape index (κ1) is 22.9. The van der Waals surface area contributed by atoms with Gasteiger partial charge in [0.25, 0.3) is 5.56 Å². The van der Waals surface area contributed by atoms with Crippen molar-refractivity contribution in [1.29, 1.82) is 0 Å². The highest BCUT2D eigenvalue weighted by Crippen LogP contribution is 2.24. The monoisotopic (exact) mass is 459 g/mol. The second-order valence-corrected chi connectivity index (χ2v) is 8.33. The van der Waals surface area contributed by atoms with E-state index in [1.807, 2.05) is 24.3 Å². The van der Waals surface area contributed by atoms with E-state index in [0.29, 0.717) is 35.3 Å². The van der Waals surface area contributed by atoms with Crippen molar-refractivity contribution in [2.24, 2.45) is 0 Å². The third-order valence-electron chi connectivity index (χ3n) is 5.03. The Morgan fingerprint density at radius 1 is 1.06 bits per heavy atom. The van der Waals surface area contributed by atoms with Gasteiger partial charge in [0.15, 0.2) is 0 Å². The molecule has 3 rings (SSSR count). The molecule has 7 heteroatoms. The molecule has 162 valence electrons. The summed E-state index contributed by atoms with van der Waals surface area (Å²) in [6.45, 7) is 4.66. The van der Waals surface area contributed by atoms with Crippen LogP contribution in [0, 0.1) is 0 Å². The van der Waals surface area contributed by atoms with Crippen LogP contribution in [-0.2, 0) is 19.6 Å². The van der Waals surface area contributed by atoms with E-state index < -0.39 is 5.97 Å². The second-order valence-electron chi connectivity index (χ2n) is 7.51. The maximum Gasteiger partial charge on any atom is 0.335 e. The Kier molecular flexibility index (Phi) is 7.42. The predicted molar refractivity (Wildman–Crippen MR) is 123 cm³/mol. The molecular weight excluding hydrogens is 437 g/mol. The Labute approximate surface area is 190 Å². The summed E-state index contributed by atoms with van der Waals surface area (Å²) in [4.78, 5) is 23.7. The van der Waals surface area contributed by atoms with E-state index in [0.717, 1.165) is 11.1 Å². The summed E-state index contributed by atoms with van der Waals surface area (Å²) >= 11 is 12.5. The Morgan fingerprint density at radius 2 is 1.77 bits per heavy atom. The summed E-state index contributed by atoms with van der Waals surface area (Å²) in [5.41, 5.74) is 2.45. The van der Waals surface area contributed by atoms with E-state index in [1.165, 1.54) is 22.8 Å². The number of carboxylic acid groups (broad SMARTS) is 1. The molecule has 0 amide bonds. The number of aromatic carboxylic acids is 1. The predicted octanol–water partition coefficient (Wildman–Crippen LogP) is 5.80. The number of rotatable bonds is 8. The quantitative estimate of drug-likeness (QED) is 0.462. The fraction of sp³-hybridized carbons (Fsp3) is 0.250. The molecule has 0 aliphatic rings. The normalized spacial score (nSPS) is 11.0. The molecule has 0 fully saturated rings. The van der Waals surface area contributed by atoms with Crippen molar-refractivity contribution >= 4 is 29.2 Å². The first-order chi connectivity index (χ1) is 14.8. The minimum Gasteiger partial charge on any atom is -0.487 e. The van der Waals surface area contributed by atoms with Gasteiger partial charge in [0.05, 0.1) is 16.3 Å². The Balaban J connectivity index is 1.82. The highest BCUT2D eigenvalue weighted by molar-refractivity contribution is 6.34. The fourth-order valence-corrected chi connectivity index (χ4v) is 3.72. The summed E-state index contributed by atoms with van der Waals surface area (Å²) in [5, 5.41) is 9.42. The number of nitrogens with zero attached hydrogens (tertiary/aromatic N) is 1. The van der Waals surface area contributed by atoms with Crippen LogP contribution in [0.1, 0.15) is 46.9 Å². The van der Waals surface area contributed by atoms with Crippen molar-refractivity contribution in [3.05, 3.63) is 97.4 Å². The number of pyridine rings is 1. The van der Waals surface area contributed by atoms with Gasteiger partial charge in [0.1, 0.15) is 17.4 Å². The Hall–Kier alpha value is -2.76. The van der Waals surface area contributed by atoms with E-state index in [2.05, 4.69) is 13.8 Å². The number of carboxylic acids is 1. The molecule has 0 saturated carbocycles. The van der Waals surface area contributed by atoms with Gasteiger partial charge in [-0.25, -0.2) is 4.79 Å². The molecule has 5 nitrogen and oxygen atoms in total. The molecular formula is C24H23Cl2NO4. The second kappa shape index (κ2) is 10.0. The van der Waals surface area contributed by atoms with Gasteiger partial charge >= 0.3 is 5.97 Å². The molecule has 1 heterocycles. The van der Waals surface area contributed by atoms with Gasteiger partial charge in [-0.3, -0.25) is 4.79 Å². The minimum atomic E-state index is -0.981. The van der Waals surface area contributed by atoms with Gasteiger partial charge in [-0.05, 0) is 53.8 Å². The van der Waals surface area contributed by atoms with E-state index in [-0.39, 0.29) is 22.8 Å². The van der Waals surface area contributed by atoms with Crippen molar-refractivity contribution in [3.63, 3.8) is 0 Å². The zero-order valence-electron chi connectivity index (χ0n) is 17.3. The lowest BCUT2D eigenvalue weighted by molar-refractivity contribution is 0.0697. The number of hydrogen-bond acceptors (Lipinski definition) is 3. The van der Waals surface area contributed by atoms with Crippen LogP contribution < -0.4 is 10.3 Å². The van der Waals surface area contributed by atoms with Crippen LogP contribution in [0.5, 0.6) is 5.75 Å². The van der Waals surface area contributed by atoms with Crippen LogP contribution in [0.2, 0.25) is 10.0 Å². The van der Waals surface area contributed by atoms with E-state index >= 15 is 0 Å². The van der Waals surface area contributed by atoms with E-state index in [1.54, 1.807) is 12.1 Å². The summed E-state index contributed by atoms with van der Waals surface area (Å²) in [6, 6.07) is 15.8. The fourth-order valence-electron chi connectivity index (χ4n) is 3.19. The van der Waals surface area contributed by atoms with Crippen molar-refractivity contribution in [2.75, 3.05) is 0 Å². The van der Waals surface area contributed by atoms with Crippen molar-refractivity contribution in [2.45, 2.75) is 39.3 Å². The molecule has 0 unspecified atom stereocenters. The number of benzene rings is 2. The third kappa shape index (κ3) is 5.69. The van der Waals surface area contributed by atoms with Crippen LogP contribution in [0.25, 0.3) is 0 Å². The summed E-state index contributed by atoms with van der Waals surface area (Å²) < 4.78 is 7.46. The van der Waals surface area contributed by atoms with E-state index in [4.69, 9.17) is 33.0 Å². The molecule has 2 aromatic carbocycles. The molecule has 0 spiro atoms. The maximum absolute atomic E-state index is 12.7. The van der Waals surface area contributed by atoms with Crippen LogP contribution in [0.15, 0.2) is 59.4 Å². The van der Waals surface area contributed by atoms with Crippen molar-refractivity contribution < 1.29 is 14.6 Å². The lowest BCUT2D eigenvalue weighted by Crippen LogP contribution is -2.26. The molecule has 0 radical (unpaired) electrons. The number of carbonyl (C=O) groups is 1. The molecule has 31 heavy (non-hydrogen) atoms. The topological polar surface area (TPSA) is 68.5 Å². The lowest BCUT2D eigenvalue weighted by atomic mass is 10.0. The summed E-state index contributed by atoms with van der Waals surface area (Å²) in [6.07, 6.45) is 0.506. The zero-order chi connectivity index (χ0) is 22.5. The van der Waals surface area contributed by atoms with E-state index in [9.17, 15) is 9.59 Å². The van der Waals surface area contributed by atoms with Gasteiger partial charge in [-0.1, -0.05) is 61.3 Å². The minimum absolute atomic E-state index is 0.0387. The molecule has 0 bridgehead atoms.